The van der Waals surface area contributed by atoms with Crippen molar-refractivity contribution in [1.82, 2.24) is 0 Å². The summed E-state index contributed by atoms with van der Waals surface area (Å²) in [7, 11) is -1.51. The van der Waals surface area contributed by atoms with Crippen LogP contribution in [0, 0.1) is 0 Å². The van der Waals surface area contributed by atoms with Crippen molar-refractivity contribution in [3.8, 4) is 11.5 Å². The quantitative estimate of drug-likeness (QED) is 0.521. The Morgan fingerprint density at radius 2 is 1.15 bits per heavy atom. The Balaban J connectivity index is 2.09. The fourth-order valence-corrected chi connectivity index (χ4v) is 7.10. The SMILES string of the molecule is CC(CC(C)(C)[Si](C)(C)CC(C)c1ccc(O)cc1)c1ccc(O)cc1. The van der Waals surface area contributed by atoms with E-state index in [1.807, 2.05) is 12.1 Å². The van der Waals surface area contributed by atoms with Crippen LogP contribution in [0.2, 0.25) is 24.2 Å². The molecule has 2 atom stereocenters. The van der Waals surface area contributed by atoms with Crippen molar-refractivity contribution in [3.05, 3.63) is 59.7 Å². The van der Waals surface area contributed by atoms with Crippen LogP contribution in [0.25, 0.3) is 0 Å². The molecule has 0 fully saturated rings. The maximum Gasteiger partial charge on any atom is 0.115 e. The summed E-state index contributed by atoms with van der Waals surface area (Å²) in [6.07, 6.45) is 1.15. The molecule has 0 heterocycles. The van der Waals surface area contributed by atoms with Crippen LogP contribution in [0.15, 0.2) is 48.5 Å². The summed E-state index contributed by atoms with van der Waals surface area (Å²) in [6, 6.07) is 16.6. The molecule has 0 radical (unpaired) electrons. The third kappa shape index (κ3) is 4.91. The number of aromatic hydroxyl groups is 2. The zero-order chi connectivity index (χ0) is 19.5. The Morgan fingerprint density at radius 3 is 1.58 bits per heavy atom. The van der Waals surface area contributed by atoms with Gasteiger partial charge < -0.3 is 10.2 Å². The van der Waals surface area contributed by atoms with E-state index in [2.05, 4.69) is 52.9 Å². The zero-order valence-corrected chi connectivity index (χ0v) is 18.1. The highest BCUT2D eigenvalue weighted by atomic mass is 28.3. The normalized spacial score (nSPS) is 14.8. The van der Waals surface area contributed by atoms with Gasteiger partial charge in [0.05, 0.1) is 8.07 Å². The van der Waals surface area contributed by atoms with E-state index in [4.69, 9.17) is 0 Å². The monoisotopic (exact) mass is 370 g/mol. The lowest BCUT2D eigenvalue weighted by Gasteiger charge is -2.43. The molecule has 0 spiro atoms. The minimum atomic E-state index is -1.51. The van der Waals surface area contributed by atoms with Crippen LogP contribution >= 0.6 is 0 Å². The van der Waals surface area contributed by atoms with E-state index in [1.165, 1.54) is 17.2 Å². The first-order valence-corrected chi connectivity index (χ1v) is 12.8. The Morgan fingerprint density at radius 1 is 0.769 bits per heavy atom. The summed E-state index contributed by atoms with van der Waals surface area (Å²) in [5.41, 5.74) is 2.61. The van der Waals surface area contributed by atoms with Crippen molar-refractivity contribution >= 4 is 8.07 Å². The predicted molar refractivity (Wildman–Crippen MR) is 114 cm³/mol. The molecule has 2 N–H and O–H groups in total. The van der Waals surface area contributed by atoms with Gasteiger partial charge in [-0.3, -0.25) is 0 Å². The molecule has 0 bridgehead atoms. The van der Waals surface area contributed by atoms with Crippen LogP contribution in [0.3, 0.4) is 0 Å². The summed E-state index contributed by atoms with van der Waals surface area (Å²) < 4.78 is 0. The Kier molecular flexibility index (Phi) is 6.23. The Labute approximate surface area is 159 Å². The third-order valence-electron chi connectivity index (χ3n) is 6.39. The fraction of sp³-hybridized carbons (Fsp3) is 0.478. The third-order valence-corrected chi connectivity index (χ3v) is 11.9. The molecule has 142 valence electrons. The molecule has 26 heavy (non-hydrogen) atoms. The van der Waals surface area contributed by atoms with Crippen molar-refractivity contribution < 1.29 is 10.2 Å². The van der Waals surface area contributed by atoms with Gasteiger partial charge in [0.25, 0.3) is 0 Å². The van der Waals surface area contributed by atoms with E-state index in [-0.39, 0.29) is 0 Å². The second kappa shape index (κ2) is 7.87. The lowest BCUT2D eigenvalue weighted by atomic mass is 9.91. The molecule has 0 amide bonds. The lowest BCUT2D eigenvalue weighted by molar-refractivity contribution is 0.473. The number of rotatable bonds is 7. The second-order valence-corrected chi connectivity index (χ2v) is 14.7. The Hall–Kier alpha value is -1.74. The molecule has 2 aromatic carbocycles. The molecular weight excluding hydrogens is 336 g/mol. The van der Waals surface area contributed by atoms with Crippen LogP contribution in [0.4, 0.5) is 0 Å². The van der Waals surface area contributed by atoms with Crippen molar-refractivity contribution in [2.24, 2.45) is 0 Å². The number of phenols is 2. The van der Waals surface area contributed by atoms with Crippen LogP contribution in [-0.4, -0.2) is 18.3 Å². The molecule has 2 unspecified atom stereocenters. The minimum absolute atomic E-state index is 0.301. The highest BCUT2D eigenvalue weighted by molar-refractivity contribution is 6.80. The zero-order valence-electron chi connectivity index (χ0n) is 17.1. The van der Waals surface area contributed by atoms with E-state index in [1.54, 1.807) is 24.3 Å². The predicted octanol–water partition coefficient (Wildman–Crippen LogP) is 6.88. The highest BCUT2D eigenvalue weighted by Gasteiger charge is 2.40. The molecule has 3 heteroatoms. The summed E-state index contributed by atoms with van der Waals surface area (Å²) in [6.45, 7) is 14.5. The van der Waals surface area contributed by atoms with E-state index < -0.39 is 8.07 Å². The van der Waals surface area contributed by atoms with Crippen molar-refractivity contribution in [3.63, 3.8) is 0 Å². The first-order chi connectivity index (χ1) is 12.0. The molecule has 0 aliphatic rings. The van der Waals surface area contributed by atoms with Crippen LogP contribution in [0.5, 0.6) is 11.5 Å². The molecule has 2 nitrogen and oxygen atoms in total. The molecule has 0 aliphatic carbocycles. The summed E-state index contributed by atoms with van der Waals surface area (Å²) >= 11 is 0. The van der Waals surface area contributed by atoms with Crippen LogP contribution in [0.1, 0.15) is 57.1 Å². The fourth-order valence-electron chi connectivity index (χ4n) is 3.92. The average Bonchev–Trinajstić information content (AvgIpc) is 2.55. The molecular formula is C23H34O2Si. The second-order valence-electron chi connectivity index (χ2n) is 9.16. The van der Waals surface area contributed by atoms with Gasteiger partial charge in [-0.05, 0) is 58.7 Å². The Bertz CT molecular complexity index is 638. The maximum absolute atomic E-state index is 9.52. The summed E-state index contributed by atoms with van der Waals surface area (Å²) in [4.78, 5) is 0. The van der Waals surface area contributed by atoms with Gasteiger partial charge in [-0.1, -0.05) is 71.1 Å². The van der Waals surface area contributed by atoms with Gasteiger partial charge in [0.1, 0.15) is 11.5 Å². The van der Waals surface area contributed by atoms with E-state index >= 15 is 0 Å². The number of hydrogen-bond acceptors (Lipinski definition) is 2. The van der Waals surface area contributed by atoms with Crippen molar-refractivity contribution in [2.75, 3.05) is 0 Å². The van der Waals surface area contributed by atoms with Crippen LogP contribution in [-0.2, 0) is 0 Å². The van der Waals surface area contributed by atoms with Gasteiger partial charge in [-0.25, -0.2) is 0 Å². The van der Waals surface area contributed by atoms with E-state index in [0.717, 1.165) is 6.42 Å². The van der Waals surface area contributed by atoms with Crippen molar-refractivity contribution in [1.29, 1.82) is 0 Å². The molecule has 0 saturated heterocycles. The summed E-state index contributed by atoms with van der Waals surface area (Å²) in [5, 5.41) is 19.3. The average molecular weight is 371 g/mol. The van der Waals surface area contributed by atoms with Gasteiger partial charge in [0.2, 0.25) is 0 Å². The van der Waals surface area contributed by atoms with Gasteiger partial charge in [-0.15, -0.1) is 0 Å². The molecule has 0 aromatic heterocycles. The highest BCUT2D eigenvalue weighted by Crippen LogP contribution is 2.49. The van der Waals surface area contributed by atoms with Gasteiger partial charge in [0, 0.05) is 0 Å². The largest absolute Gasteiger partial charge is 0.508 e. The first-order valence-electron chi connectivity index (χ1n) is 9.60. The standard InChI is InChI=1S/C23H34O2Si/c1-17(19-7-11-21(24)12-8-19)15-23(3,4)26(5,6)16-18(2)20-9-13-22(25)14-10-20/h7-14,17-18,24-25H,15-16H2,1-6H3. The number of hydrogen-bond donors (Lipinski definition) is 2. The number of phenolic OH excluding ortho intramolecular Hbond substituents is 2. The summed E-state index contributed by atoms with van der Waals surface area (Å²) in [5.74, 6) is 1.64. The van der Waals surface area contributed by atoms with Crippen molar-refractivity contribution in [2.45, 2.75) is 70.1 Å². The van der Waals surface area contributed by atoms with E-state index in [0.29, 0.717) is 28.4 Å². The molecule has 2 aromatic rings. The van der Waals surface area contributed by atoms with Gasteiger partial charge in [0.15, 0.2) is 0 Å². The molecule has 2 rings (SSSR count). The molecule has 0 aliphatic heterocycles. The maximum atomic E-state index is 9.52. The van der Waals surface area contributed by atoms with E-state index in [9.17, 15) is 10.2 Å². The smallest absolute Gasteiger partial charge is 0.115 e. The lowest BCUT2D eigenvalue weighted by Crippen LogP contribution is -2.40. The van der Waals surface area contributed by atoms with Crippen LogP contribution < -0.4 is 0 Å². The van der Waals surface area contributed by atoms with Gasteiger partial charge in [-0.2, -0.15) is 0 Å². The first kappa shape index (κ1) is 20.6. The molecule has 0 saturated carbocycles. The topological polar surface area (TPSA) is 40.5 Å². The minimum Gasteiger partial charge on any atom is -0.508 e. The van der Waals surface area contributed by atoms with Gasteiger partial charge >= 0.3 is 0 Å². The number of benzene rings is 2.